The molecule has 0 saturated carbocycles. The molecule has 1 aromatic rings. The highest BCUT2D eigenvalue weighted by molar-refractivity contribution is 5.89. The molecule has 5 nitrogen and oxygen atoms in total. The second-order valence-electron chi connectivity index (χ2n) is 5.87. The molecule has 5 heteroatoms. The number of benzene rings is 1. The van der Waals surface area contributed by atoms with Crippen LogP contribution in [0.2, 0.25) is 0 Å². The number of carboxylic acids is 1. The van der Waals surface area contributed by atoms with Crippen LogP contribution in [0, 0.1) is 5.92 Å². The minimum atomic E-state index is -0.877. The average Bonchev–Trinajstić information content (AvgIpc) is 2.72. The largest absolute Gasteiger partial charge is 0.481 e. The summed E-state index contributed by atoms with van der Waals surface area (Å²) in [6.45, 7) is 0. The van der Waals surface area contributed by atoms with E-state index in [9.17, 15) is 14.7 Å². The third-order valence-electron chi connectivity index (χ3n) is 4.77. The Labute approximate surface area is 123 Å². The standard InChI is InChI=1S/C16H19NO4/c1-17-11-7-8-12(17)14(15(18)19)13(9-11)21-16(20)10-5-3-2-4-6-10/h2-6,11-14H,7-9H2,1H3,(H,18,19)/t11-,12?,13?,14?/m0/s1. The van der Waals surface area contributed by atoms with Gasteiger partial charge in [-0.1, -0.05) is 18.2 Å². The molecule has 112 valence electrons. The van der Waals surface area contributed by atoms with Gasteiger partial charge in [0.05, 0.1) is 5.56 Å². The molecule has 0 amide bonds. The van der Waals surface area contributed by atoms with Crippen molar-refractivity contribution in [2.45, 2.75) is 37.5 Å². The van der Waals surface area contributed by atoms with Crippen LogP contribution in [0.15, 0.2) is 30.3 Å². The summed E-state index contributed by atoms with van der Waals surface area (Å²) in [5, 5.41) is 9.51. The van der Waals surface area contributed by atoms with E-state index in [4.69, 9.17) is 4.74 Å². The molecular weight excluding hydrogens is 270 g/mol. The van der Waals surface area contributed by atoms with Gasteiger partial charge in [-0.05, 0) is 32.0 Å². The second kappa shape index (κ2) is 5.48. The quantitative estimate of drug-likeness (QED) is 0.859. The van der Waals surface area contributed by atoms with Gasteiger partial charge in [-0.25, -0.2) is 4.79 Å². The lowest BCUT2D eigenvalue weighted by Gasteiger charge is -2.40. The van der Waals surface area contributed by atoms with Crippen molar-refractivity contribution in [1.82, 2.24) is 4.90 Å². The van der Waals surface area contributed by atoms with Gasteiger partial charge in [0.15, 0.2) is 0 Å². The van der Waals surface area contributed by atoms with E-state index < -0.39 is 24.0 Å². The topological polar surface area (TPSA) is 66.8 Å². The van der Waals surface area contributed by atoms with Gasteiger partial charge in [-0.3, -0.25) is 9.69 Å². The summed E-state index contributed by atoms with van der Waals surface area (Å²) < 4.78 is 5.53. The third-order valence-corrected chi connectivity index (χ3v) is 4.77. The van der Waals surface area contributed by atoms with Crippen LogP contribution in [0.25, 0.3) is 0 Å². The first-order chi connectivity index (χ1) is 10.1. The van der Waals surface area contributed by atoms with Crippen LogP contribution in [-0.2, 0) is 9.53 Å². The zero-order valence-electron chi connectivity index (χ0n) is 11.9. The molecule has 21 heavy (non-hydrogen) atoms. The summed E-state index contributed by atoms with van der Waals surface area (Å²) in [6, 6.07) is 9.01. The molecule has 0 aliphatic carbocycles. The summed E-state index contributed by atoms with van der Waals surface area (Å²) in [6.07, 6.45) is 1.90. The highest BCUT2D eigenvalue weighted by atomic mass is 16.5. The van der Waals surface area contributed by atoms with Crippen LogP contribution in [0.5, 0.6) is 0 Å². The summed E-state index contributed by atoms with van der Waals surface area (Å²) in [4.78, 5) is 25.9. The van der Waals surface area contributed by atoms with E-state index in [1.807, 2.05) is 13.1 Å². The van der Waals surface area contributed by atoms with Crippen molar-refractivity contribution in [3.63, 3.8) is 0 Å². The van der Waals surface area contributed by atoms with Crippen molar-refractivity contribution in [3.05, 3.63) is 35.9 Å². The lowest BCUT2D eigenvalue weighted by molar-refractivity contribution is -0.152. The number of piperidine rings is 1. The fourth-order valence-corrected chi connectivity index (χ4v) is 3.65. The minimum absolute atomic E-state index is 0.0326. The highest BCUT2D eigenvalue weighted by Crippen LogP contribution is 2.39. The molecule has 1 N–H and O–H groups in total. The molecule has 3 rings (SSSR count). The molecule has 2 aliphatic heterocycles. The SMILES string of the molecule is CN1C2CC[C@H]1CC(OC(=O)c1ccccc1)C2C(=O)O. The van der Waals surface area contributed by atoms with E-state index in [0.717, 1.165) is 12.8 Å². The fraction of sp³-hybridized carbons (Fsp3) is 0.500. The van der Waals surface area contributed by atoms with Gasteiger partial charge >= 0.3 is 11.9 Å². The van der Waals surface area contributed by atoms with E-state index in [1.54, 1.807) is 24.3 Å². The van der Waals surface area contributed by atoms with Gasteiger partial charge < -0.3 is 9.84 Å². The summed E-state index contributed by atoms with van der Waals surface area (Å²) in [5.41, 5.74) is 0.466. The molecule has 4 atom stereocenters. The molecule has 0 aromatic heterocycles. The summed E-state index contributed by atoms with van der Waals surface area (Å²) >= 11 is 0. The van der Waals surface area contributed by atoms with Crippen LogP contribution < -0.4 is 0 Å². The van der Waals surface area contributed by atoms with E-state index in [2.05, 4.69) is 4.90 Å². The lowest BCUT2D eigenvalue weighted by atomic mass is 9.87. The third kappa shape index (κ3) is 2.53. The van der Waals surface area contributed by atoms with E-state index in [1.165, 1.54) is 0 Å². The first kappa shape index (κ1) is 14.1. The van der Waals surface area contributed by atoms with E-state index >= 15 is 0 Å². The van der Waals surface area contributed by atoms with Gasteiger partial charge in [0.25, 0.3) is 0 Å². The molecule has 2 fully saturated rings. The molecule has 0 spiro atoms. The minimum Gasteiger partial charge on any atom is -0.481 e. The maximum atomic E-state index is 12.2. The molecule has 2 heterocycles. The van der Waals surface area contributed by atoms with Crippen molar-refractivity contribution in [2.24, 2.45) is 5.92 Å². The van der Waals surface area contributed by atoms with Crippen molar-refractivity contribution in [3.8, 4) is 0 Å². The van der Waals surface area contributed by atoms with Crippen LogP contribution in [0.4, 0.5) is 0 Å². The number of esters is 1. The fourth-order valence-electron chi connectivity index (χ4n) is 3.65. The average molecular weight is 289 g/mol. The number of fused-ring (bicyclic) bond motifs is 2. The van der Waals surface area contributed by atoms with Crippen LogP contribution >= 0.6 is 0 Å². The first-order valence-corrected chi connectivity index (χ1v) is 7.28. The molecule has 1 aromatic carbocycles. The second-order valence-corrected chi connectivity index (χ2v) is 5.87. The number of carbonyl (C=O) groups is 2. The number of carbonyl (C=O) groups excluding carboxylic acids is 1. The molecule has 2 saturated heterocycles. The monoisotopic (exact) mass is 289 g/mol. The van der Waals surface area contributed by atoms with Gasteiger partial charge in [-0.2, -0.15) is 0 Å². The maximum Gasteiger partial charge on any atom is 0.338 e. The number of hydrogen-bond donors (Lipinski definition) is 1. The maximum absolute atomic E-state index is 12.2. The molecule has 2 bridgehead atoms. The Morgan fingerprint density at radius 3 is 2.62 bits per heavy atom. The van der Waals surface area contributed by atoms with E-state index in [-0.39, 0.29) is 6.04 Å². The van der Waals surface area contributed by atoms with Crippen molar-refractivity contribution in [2.75, 3.05) is 7.05 Å². The Morgan fingerprint density at radius 2 is 1.95 bits per heavy atom. The first-order valence-electron chi connectivity index (χ1n) is 7.28. The Morgan fingerprint density at radius 1 is 1.24 bits per heavy atom. The summed E-state index contributed by atoms with van der Waals surface area (Å²) in [7, 11) is 1.97. The zero-order valence-corrected chi connectivity index (χ0v) is 11.9. The van der Waals surface area contributed by atoms with Crippen molar-refractivity contribution >= 4 is 11.9 Å². The highest BCUT2D eigenvalue weighted by Gasteiger charge is 2.50. The number of carboxylic acid groups (broad SMARTS) is 1. The van der Waals surface area contributed by atoms with Gasteiger partial charge in [0, 0.05) is 18.5 Å². The van der Waals surface area contributed by atoms with Gasteiger partial charge in [-0.15, -0.1) is 0 Å². The number of nitrogens with zero attached hydrogens (tertiary/aromatic N) is 1. The molecular formula is C16H19NO4. The Kier molecular flexibility index (Phi) is 3.68. The smallest absolute Gasteiger partial charge is 0.338 e. The zero-order chi connectivity index (χ0) is 15.0. The number of hydrogen-bond acceptors (Lipinski definition) is 4. The van der Waals surface area contributed by atoms with Crippen LogP contribution in [-0.4, -0.2) is 47.2 Å². The van der Waals surface area contributed by atoms with E-state index in [0.29, 0.717) is 18.0 Å². The number of ether oxygens (including phenoxy) is 1. The number of aliphatic carboxylic acids is 1. The Bertz CT molecular complexity index is 544. The van der Waals surface area contributed by atoms with Crippen LogP contribution in [0.3, 0.4) is 0 Å². The molecule has 0 radical (unpaired) electrons. The van der Waals surface area contributed by atoms with Crippen molar-refractivity contribution in [1.29, 1.82) is 0 Å². The number of rotatable bonds is 3. The molecule has 2 aliphatic rings. The predicted molar refractivity (Wildman–Crippen MR) is 76.0 cm³/mol. The normalized spacial score (nSPS) is 31.9. The molecule has 3 unspecified atom stereocenters. The predicted octanol–water partition coefficient (Wildman–Crippen LogP) is 1.78. The summed E-state index contributed by atoms with van der Waals surface area (Å²) in [5.74, 6) is -1.95. The lowest BCUT2D eigenvalue weighted by Crippen LogP contribution is -2.53. The van der Waals surface area contributed by atoms with Gasteiger partial charge in [0.1, 0.15) is 12.0 Å². The Balaban J connectivity index is 1.78. The van der Waals surface area contributed by atoms with Crippen molar-refractivity contribution < 1.29 is 19.4 Å². The van der Waals surface area contributed by atoms with Crippen LogP contribution in [0.1, 0.15) is 29.6 Å². The van der Waals surface area contributed by atoms with Gasteiger partial charge in [0.2, 0.25) is 0 Å². The Hall–Kier alpha value is -1.88.